The van der Waals surface area contributed by atoms with Gasteiger partial charge in [0, 0.05) is 18.7 Å². The second kappa shape index (κ2) is 7.43. The van der Waals surface area contributed by atoms with Crippen LogP contribution in [0.1, 0.15) is 23.7 Å². The molecular formula is C15H18N2O6S. The Morgan fingerprint density at radius 1 is 1.29 bits per heavy atom. The van der Waals surface area contributed by atoms with Gasteiger partial charge in [-0.05, 0) is 24.6 Å². The van der Waals surface area contributed by atoms with Gasteiger partial charge in [0.15, 0.2) is 16.4 Å². The van der Waals surface area contributed by atoms with Crippen LogP contribution in [-0.2, 0) is 24.2 Å². The van der Waals surface area contributed by atoms with Gasteiger partial charge < -0.3 is 15.4 Å². The maximum Gasteiger partial charge on any atom is 0.338 e. The van der Waals surface area contributed by atoms with Gasteiger partial charge in [-0.2, -0.15) is 0 Å². The summed E-state index contributed by atoms with van der Waals surface area (Å²) in [4.78, 5) is 34.6. The van der Waals surface area contributed by atoms with E-state index in [9.17, 15) is 22.8 Å². The molecule has 1 aromatic carbocycles. The van der Waals surface area contributed by atoms with Crippen LogP contribution in [-0.4, -0.2) is 50.4 Å². The van der Waals surface area contributed by atoms with E-state index < -0.39 is 34.4 Å². The van der Waals surface area contributed by atoms with Crippen molar-refractivity contribution in [2.45, 2.75) is 19.4 Å². The number of carbonyl (C=O) groups excluding carboxylic acids is 3. The van der Waals surface area contributed by atoms with Crippen LogP contribution in [0, 0.1) is 0 Å². The van der Waals surface area contributed by atoms with Crippen molar-refractivity contribution in [3.63, 3.8) is 0 Å². The molecule has 2 rings (SSSR count). The van der Waals surface area contributed by atoms with Gasteiger partial charge in [-0.15, -0.1) is 0 Å². The summed E-state index contributed by atoms with van der Waals surface area (Å²) in [7, 11) is -3.09. The number of anilines is 1. The largest absolute Gasteiger partial charge is 0.452 e. The minimum Gasteiger partial charge on any atom is -0.452 e. The molecule has 1 aliphatic rings. The molecule has 130 valence electrons. The van der Waals surface area contributed by atoms with E-state index in [1.54, 1.807) is 12.1 Å². The molecule has 0 aliphatic carbocycles. The quantitative estimate of drug-likeness (QED) is 0.724. The van der Waals surface area contributed by atoms with Gasteiger partial charge in [-0.3, -0.25) is 9.59 Å². The maximum absolute atomic E-state index is 11.9. The molecule has 9 heteroatoms. The Balaban J connectivity index is 1.84. The van der Waals surface area contributed by atoms with Crippen LogP contribution < -0.4 is 10.6 Å². The molecule has 0 spiro atoms. The highest BCUT2D eigenvalue weighted by molar-refractivity contribution is 7.91. The van der Waals surface area contributed by atoms with Gasteiger partial charge in [-0.1, -0.05) is 6.07 Å². The molecule has 24 heavy (non-hydrogen) atoms. The lowest BCUT2D eigenvalue weighted by molar-refractivity contribution is -0.124. The first-order chi connectivity index (χ1) is 11.2. The summed E-state index contributed by atoms with van der Waals surface area (Å²) < 4.78 is 27.5. The molecule has 1 fully saturated rings. The summed E-state index contributed by atoms with van der Waals surface area (Å²) in [6.45, 7) is 0.846. The van der Waals surface area contributed by atoms with Crippen molar-refractivity contribution < 1.29 is 27.5 Å². The Morgan fingerprint density at radius 3 is 2.67 bits per heavy atom. The van der Waals surface area contributed by atoms with Crippen LogP contribution in [0.5, 0.6) is 0 Å². The van der Waals surface area contributed by atoms with Crippen molar-refractivity contribution >= 4 is 33.3 Å². The normalized spacial score (nSPS) is 18.6. The van der Waals surface area contributed by atoms with Crippen molar-refractivity contribution in [3.05, 3.63) is 29.8 Å². The van der Waals surface area contributed by atoms with E-state index in [0.717, 1.165) is 0 Å². The first-order valence-corrected chi connectivity index (χ1v) is 9.12. The van der Waals surface area contributed by atoms with Gasteiger partial charge in [0.25, 0.3) is 5.91 Å². The monoisotopic (exact) mass is 354 g/mol. The molecular weight excluding hydrogens is 336 g/mol. The number of nitrogens with one attached hydrogen (secondary N) is 2. The van der Waals surface area contributed by atoms with Crippen LogP contribution in [0.25, 0.3) is 0 Å². The second-order valence-electron chi connectivity index (χ2n) is 5.51. The van der Waals surface area contributed by atoms with Gasteiger partial charge in [0.05, 0.1) is 17.1 Å². The molecule has 0 bridgehead atoms. The third-order valence-electron chi connectivity index (χ3n) is 3.35. The highest BCUT2D eigenvalue weighted by atomic mass is 32.2. The minimum absolute atomic E-state index is 0.0493. The lowest BCUT2D eigenvalue weighted by Crippen LogP contribution is -2.38. The fraction of sp³-hybridized carbons (Fsp3) is 0.400. The summed E-state index contributed by atoms with van der Waals surface area (Å²) in [5.74, 6) is -1.58. The number of hydrogen-bond donors (Lipinski definition) is 2. The molecule has 2 N–H and O–H groups in total. The number of rotatable bonds is 5. The summed E-state index contributed by atoms with van der Waals surface area (Å²) in [6.07, 6.45) is 0.362. The predicted octanol–water partition coefficient (Wildman–Crippen LogP) is 0.105. The van der Waals surface area contributed by atoms with E-state index in [0.29, 0.717) is 12.1 Å². The first-order valence-electron chi connectivity index (χ1n) is 7.30. The third kappa shape index (κ3) is 5.34. The molecule has 1 aliphatic heterocycles. The lowest BCUT2D eigenvalue weighted by atomic mass is 10.2. The fourth-order valence-corrected chi connectivity index (χ4v) is 3.99. The van der Waals surface area contributed by atoms with Crippen molar-refractivity contribution in [2.24, 2.45) is 0 Å². The number of amides is 2. The van der Waals surface area contributed by atoms with E-state index in [1.807, 2.05) is 0 Å². The molecule has 1 saturated heterocycles. The van der Waals surface area contributed by atoms with Crippen LogP contribution in [0.4, 0.5) is 5.69 Å². The standard InChI is InChI=1S/C15H18N2O6S/c1-10(18)16-12-4-2-3-11(7-12)15(20)23-8-14(19)17-13-5-6-24(21,22)9-13/h2-4,7,13H,5-6,8-9H2,1H3,(H,16,18)(H,17,19)/t13-/m0/s1. The Hall–Kier alpha value is -2.42. The zero-order valence-electron chi connectivity index (χ0n) is 13.1. The number of sulfone groups is 1. The van der Waals surface area contributed by atoms with Crippen LogP contribution in [0.2, 0.25) is 0 Å². The Labute approximate surface area is 139 Å². The molecule has 0 aromatic heterocycles. The zero-order valence-corrected chi connectivity index (χ0v) is 13.9. The molecule has 1 atom stereocenters. The molecule has 0 unspecified atom stereocenters. The van der Waals surface area contributed by atoms with E-state index in [2.05, 4.69) is 10.6 Å². The predicted molar refractivity (Wildman–Crippen MR) is 86.2 cm³/mol. The van der Waals surface area contributed by atoms with Crippen molar-refractivity contribution in [1.82, 2.24) is 5.32 Å². The topological polar surface area (TPSA) is 119 Å². The summed E-state index contributed by atoms with van der Waals surface area (Å²) in [6, 6.07) is 5.68. The van der Waals surface area contributed by atoms with Crippen molar-refractivity contribution in [3.8, 4) is 0 Å². The Kier molecular flexibility index (Phi) is 5.55. The van der Waals surface area contributed by atoms with Crippen LogP contribution >= 0.6 is 0 Å². The summed E-state index contributed by atoms with van der Waals surface area (Å²) >= 11 is 0. The third-order valence-corrected chi connectivity index (χ3v) is 5.12. The zero-order chi connectivity index (χ0) is 17.7. The minimum atomic E-state index is -3.09. The fourth-order valence-electron chi connectivity index (χ4n) is 2.32. The van der Waals surface area contributed by atoms with Crippen LogP contribution in [0.15, 0.2) is 24.3 Å². The number of ether oxygens (including phenoxy) is 1. The smallest absolute Gasteiger partial charge is 0.338 e. The highest BCUT2D eigenvalue weighted by Gasteiger charge is 2.29. The van der Waals surface area contributed by atoms with Crippen LogP contribution in [0.3, 0.4) is 0 Å². The summed E-state index contributed by atoms with van der Waals surface area (Å²) in [5, 5.41) is 5.06. The average Bonchev–Trinajstić information content (AvgIpc) is 2.83. The first kappa shape index (κ1) is 17.9. The lowest BCUT2D eigenvalue weighted by Gasteiger charge is -2.11. The average molecular weight is 354 g/mol. The summed E-state index contributed by atoms with van der Waals surface area (Å²) in [5.41, 5.74) is 0.634. The van der Waals surface area contributed by atoms with E-state index in [4.69, 9.17) is 4.74 Å². The van der Waals surface area contributed by atoms with Crippen molar-refractivity contribution in [2.75, 3.05) is 23.4 Å². The number of esters is 1. The van der Waals surface area contributed by atoms with E-state index in [1.165, 1.54) is 19.1 Å². The number of benzene rings is 1. The van der Waals surface area contributed by atoms with Gasteiger partial charge >= 0.3 is 5.97 Å². The molecule has 8 nitrogen and oxygen atoms in total. The molecule has 1 aromatic rings. The molecule has 0 radical (unpaired) electrons. The van der Waals surface area contributed by atoms with Gasteiger partial charge in [-0.25, -0.2) is 13.2 Å². The molecule has 2 amide bonds. The van der Waals surface area contributed by atoms with Gasteiger partial charge in [0.1, 0.15) is 0 Å². The molecule has 1 heterocycles. The van der Waals surface area contributed by atoms with Gasteiger partial charge in [0.2, 0.25) is 5.91 Å². The van der Waals surface area contributed by atoms with Crippen molar-refractivity contribution in [1.29, 1.82) is 0 Å². The Bertz CT molecular complexity index is 759. The highest BCUT2D eigenvalue weighted by Crippen LogP contribution is 2.12. The van der Waals surface area contributed by atoms with E-state index >= 15 is 0 Å². The maximum atomic E-state index is 11.9. The Morgan fingerprint density at radius 2 is 2.04 bits per heavy atom. The molecule has 0 saturated carbocycles. The SMILES string of the molecule is CC(=O)Nc1cccc(C(=O)OCC(=O)N[C@H]2CCS(=O)(=O)C2)c1. The second-order valence-corrected chi connectivity index (χ2v) is 7.73. The number of carbonyl (C=O) groups is 3. The number of hydrogen-bond acceptors (Lipinski definition) is 6. The van der Waals surface area contributed by atoms with E-state index in [-0.39, 0.29) is 23.0 Å².